The van der Waals surface area contributed by atoms with Crippen LogP contribution in [0.2, 0.25) is 0 Å². The standard InChI is InChI=1S/C6H13O5P.C5H12NO5P/c1-5(6(7)9-2)12(8,10-3)11-4;1-9-5(7)4(6)12(8,10-2)11-3/h5H,1-4H3;4H,6H2,1-3H3. The van der Waals surface area contributed by atoms with E-state index < -0.39 is 38.6 Å². The molecule has 11 nitrogen and oxygen atoms in total. The molecule has 2 N–H and O–H groups in total. The molecule has 0 aliphatic rings. The molecule has 0 aromatic rings. The number of esters is 2. The number of rotatable bonds is 8. The van der Waals surface area contributed by atoms with Gasteiger partial charge in [-0.25, -0.2) is 4.79 Å². The fraction of sp³-hybridized carbons (Fsp3) is 0.818. The third kappa shape index (κ3) is 6.98. The van der Waals surface area contributed by atoms with Gasteiger partial charge in [0.1, 0.15) is 0 Å². The first kappa shape index (κ1) is 25.4. The minimum Gasteiger partial charge on any atom is -0.468 e. The molecule has 2 unspecified atom stereocenters. The molecule has 0 rings (SSSR count). The molecule has 0 aliphatic carbocycles. The number of ether oxygens (including phenoxy) is 2. The molecule has 24 heavy (non-hydrogen) atoms. The first-order chi connectivity index (χ1) is 11.0. The topological polar surface area (TPSA) is 150 Å². The highest BCUT2D eigenvalue weighted by Crippen LogP contribution is 2.51. The van der Waals surface area contributed by atoms with E-state index >= 15 is 0 Å². The Bertz CT molecular complexity index is 437. The fourth-order valence-electron chi connectivity index (χ4n) is 1.24. The Morgan fingerprint density at radius 2 is 1.08 bits per heavy atom. The lowest BCUT2D eigenvalue weighted by Gasteiger charge is -2.18. The maximum absolute atomic E-state index is 11.5. The first-order valence-corrected chi connectivity index (χ1v) is 9.59. The zero-order chi connectivity index (χ0) is 19.6. The second-order valence-electron chi connectivity index (χ2n) is 3.98. The Balaban J connectivity index is 0. The van der Waals surface area contributed by atoms with Gasteiger partial charge in [0.05, 0.1) is 14.2 Å². The molecule has 0 saturated carbocycles. The SMILES string of the molecule is COC(=O)C(C)P(=O)(OC)OC.COC(=O)C(N)P(=O)(OC)OC. The molecule has 0 radical (unpaired) electrons. The summed E-state index contributed by atoms with van der Waals surface area (Å²) in [4.78, 5) is 21.7. The van der Waals surface area contributed by atoms with Crippen molar-refractivity contribution >= 4 is 27.1 Å². The van der Waals surface area contributed by atoms with Gasteiger partial charge in [-0.1, -0.05) is 0 Å². The number of methoxy groups -OCH3 is 2. The normalized spacial score (nSPS) is 14.0. The molecule has 0 amide bonds. The van der Waals surface area contributed by atoms with Gasteiger partial charge >= 0.3 is 27.1 Å². The van der Waals surface area contributed by atoms with E-state index in [0.717, 1.165) is 21.3 Å². The summed E-state index contributed by atoms with van der Waals surface area (Å²) in [7, 11) is 0.236. The predicted octanol–water partition coefficient (Wildman–Crippen LogP) is 0.964. The second kappa shape index (κ2) is 11.7. The third-order valence-electron chi connectivity index (χ3n) is 2.82. The molecular formula is C11H25NO10P2. The van der Waals surface area contributed by atoms with Gasteiger partial charge in [0.2, 0.25) is 5.78 Å². The molecule has 0 aliphatic heterocycles. The number of hydrogen-bond donors (Lipinski definition) is 1. The molecule has 13 heteroatoms. The number of carbonyl (C=O) groups is 2. The van der Waals surface area contributed by atoms with Crippen molar-refractivity contribution in [3.8, 4) is 0 Å². The van der Waals surface area contributed by atoms with Gasteiger partial charge in [0.15, 0.2) is 5.66 Å². The number of carbonyl (C=O) groups excluding carboxylic acids is 2. The Hall–Kier alpha value is -0.800. The number of hydrogen-bond acceptors (Lipinski definition) is 11. The summed E-state index contributed by atoms with van der Waals surface area (Å²) < 4.78 is 49.7. The van der Waals surface area contributed by atoms with Crippen LogP contribution in [0.5, 0.6) is 0 Å². The highest BCUT2D eigenvalue weighted by molar-refractivity contribution is 7.56. The van der Waals surface area contributed by atoms with Crippen LogP contribution >= 0.6 is 15.2 Å². The van der Waals surface area contributed by atoms with E-state index in [9.17, 15) is 18.7 Å². The molecule has 0 bridgehead atoms. The molecule has 0 aromatic heterocycles. The van der Waals surface area contributed by atoms with Crippen molar-refractivity contribution < 1.29 is 46.3 Å². The van der Waals surface area contributed by atoms with Crippen LogP contribution in [0, 0.1) is 0 Å². The van der Waals surface area contributed by atoms with E-state index in [0.29, 0.717) is 0 Å². The van der Waals surface area contributed by atoms with Crippen LogP contribution < -0.4 is 5.73 Å². The lowest BCUT2D eigenvalue weighted by atomic mass is 10.5. The molecule has 0 fully saturated rings. The first-order valence-electron chi connectivity index (χ1n) is 6.37. The van der Waals surface area contributed by atoms with Gasteiger partial charge in [-0.05, 0) is 6.92 Å². The Morgan fingerprint density at radius 1 is 0.750 bits per heavy atom. The van der Waals surface area contributed by atoms with E-state index in [-0.39, 0.29) is 0 Å². The summed E-state index contributed by atoms with van der Waals surface area (Å²) in [6, 6.07) is 0. The Morgan fingerprint density at radius 3 is 1.33 bits per heavy atom. The predicted molar refractivity (Wildman–Crippen MR) is 84.7 cm³/mol. The Labute approximate surface area is 141 Å². The molecule has 2 atom stereocenters. The third-order valence-corrected chi connectivity index (χ3v) is 6.91. The van der Waals surface area contributed by atoms with Crippen molar-refractivity contribution in [3.05, 3.63) is 0 Å². The average Bonchev–Trinajstić information content (AvgIpc) is 2.64. The van der Waals surface area contributed by atoms with Crippen LogP contribution in [0.3, 0.4) is 0 Å². The molecule has 0 saturated heterocycles. The lowest BCUT2D eigenvalue weighted by Crippen LogP contribution is -2.32. The van der Waals surface area contributed by atoms with Gasteiger partial charge < -0.3 is 33.3 Å². The van der Waals surface area contributed by atoms with Crippen molar-refractivity contribution in [3.63, 3.8) is 0 Å². The maximum Gasteiger partial charge on any atom is 0.358 e. The molecule has 0 spiro atoms. The van der Waals surface area contributed by atoms with Crippen LogP contribution in [0.1, 0.15) is 6.92 Å². The smallest absolute Gasteiger partial charge is 0.358 e. The maximum atomic E-state index is 11.5. The van der Waals surface area contributed by atoms with Gasteiger partial charge in [-0.2, -0.15) is 0 Å². The van der Waals surface area contributed by atoms with Crippen LogP contribution in [0.25, 0.3) is 0 Å². The van der Waals surface area contributed by atoms with Crippen LogP contribution in [0.15, 0.2) is 0 Å². The summed E-state index contributed by atoms with van der Waals surface area (Å²) in [5, 5.41) is 0. The van der Waals surface area contributed by atoms with Gasteiger partial charge in [-0.15, -0.1) is 0 Å². The summed E-state index contributed by atoms with van der Waals surface area (Å²) >= 11 is 0. The van der Waals surface area contributed by atoms with Crippen LogP contribution in [-0.2, 0) is 46.3 Å². The lowest BCUT2D eigenvalue weighted by molar-refractivity contribution is -0.141. The highest BCUT2D eigenvalue weighted by Gasteiger charge is 2.37. The van der Waals surface area contributed by atoms with E-state index in [1.165, 1.54) is 28.3 Å². The van der Waals surface area contributed by atoms with Crippen molar-refractivity contribution in [1.29, 1.82) is 0 Å². The Kier molecular flexibility index (Phi) is 12.4. The monoisotopic (exact) mass is 393 g/mol. The van der Waals surface area contributed by atoms with Crippen molar-refractivity contribution in [2.24, 2.45) is 5.73 Å². The van der Waals surface area contributed by atoms with Gasteiger partial charge in [0.25, 0.3) is 0 Å². The van der Waals surface area contributed by atoms with Crippen LogP contribution in [0.4, 0.5) is 0 Å². The zero-order valence-corrected chi connectivity index (χ0v) is 16.5. The molecule has 0 heterocycles. The summed E-state index contributed by atoms with van der Waals surface area (Å²) in [6.07, 6.45) is 0. The zero-order valence-electron chi connectivity index (χ0n) is 14.7. The fourth-order valence-corrected chi connectivity index (χ4v) is 3.35. The molecule has 0 aromatic carbocycles. The van der Waals surface area contributed by atoms with Crippen LogP contribution in [-0.4, -0.2) is 66.0 Å². The number of nitrogens with two attached hydrogens (primary N) is 1. The quantitative estimate of drug-likeness (QED) is 0.464. The van der Waals surface area contributed by atoms with Crippen molar-refractivity contribution in [1.82, 2.24) is 0 Å². The average molecular weight is 393 g/mol. The van der Waals surface area contributed by atoms with Crippen molar-refractivity contribution in [2.45, 2.75) is 18.4 Å². The molecular weight excluding hydrogens is 368 g/mol. The summed E-state index contributed by atoms with van der Waals surface area (Å²) in [5.41, 5.74) is 4.35. The van der Waals surface area contributed by atoms with E-state index in [2.05, 4.69) is 27.6 Å². The summed E-state index contributed by atoms with van der Waals surface area (Å²) in [5.74, 6) is -2.83. The van der Waals surface area contributed by atoms with Gasteiger partial charge in [-0.3, -0.25) is 13.9 Å². The highest BCUT2D eigenvalue weighted by atomic mass is 31.2. The van der Waals surface area contributed by atoms with E-state index in [1.54, 1.807) is 0 Å². The van der Waals surface area contributed by atoms with Crippen molar-refractivity contribution in [2.75, 3.05) is 42.7 Å². The van der Waals surface area contributed by atoms with E-state index in [1.807, 2.05) is 0 Å². The molecule has 144 valence electrons. The van der Waals surface area contributed by atoms with E-state index in [4.69, 9.17) is 5.73 Å². The largest absolute Gasteiger partial charge is 0.468 e. The minimum atomic E-state index is -3.54. The minimum absolute atomic E-state index is 0.609. The van der Waals surface area contributed by atoms with Gasteiger partial charge in [0, 0.05) is 28.4 Å². The summed E-state index contributed by atoms with van der Waals surface area (Å²) in [6.45, 7) is 1.43. The second-order valence-corrected chi connectivity index (χ2v) is 8.93.